The van der Waals surface area contributed by atoms with E-state index in [1.165, 1.54) is 11.8 Å². The minimum atomic E-state index is -0.226. The van der Waals surface area contributed by atoms with Crippen molar-refractivity contribution in [1.82, 2.24) is 4.98 Å². The summed E-state index contributed by atoms with van der Waals surface area (Å²) in [4.78, 5) is 31.0. The molecular weight excluding hydrogens is 356 g/mol. The summed E-state index contributed by atoms with van der Waals surface area (Å²) in [6.07, 6.45) is 1.64. The highest BCUT2D eigenvalue weighted by Crippen LogP contribution is 2.35. The minimum absolute atomic E-state index is 0.0497. The van der Waals surface area contributed by atoms with Crippen LogP contribution in [0.15, 0.2) is 60.3 Å². The zero-order valence-electron chi connectivity index (χ0n) is 15.3. The second-order valence-corrected chi connectivity index (χ2v) is 6.39. The number of para-hydroxylation sites is 1. The van der Waals surface area contributed by atoms with Crippen molar-refractivity contribution in [3.8, 4) is 5.75 Å². The second kappa shape index (κ2) is 7.25. The third-order valence-corrected chi connectivity index (χ3v) is 4.50. The van der Waals surface area contributed by atoms with Crippen LogP contribution in [0.4, 0.5) is 5.69 Å². The van der Waals surface area contributed by atoms with E-state index in [9.17, 15) is 9.59 Å². The van der Waals surface area contributed by atoms with Crippen molar-refractivity contribution in [1.29, 1.82) is 0 Å². The summed E-state index contributed by atoms with van der Waals surface area (Å²) in [7, 11) is 0. The van der Waals surface area contributed by atoms with Gasteiger partial charge < -0.3 is 9.84 Å². The van der Waals surface area contributed by atoms with E-state index in [4.69, 9.17) is 9.84 Å². The highest BCUT2D eigenvalue weighted by atomic mass is 16.5. The number of amides is 1. The predicted octanol–water partition coefficient (Wildman–Crippen LogP) is 3.20. The number of fused-ring (bicyclic) bond motifs is 2. The average molecular weight is 374 g/mol. The van der Waals surface area contributed by atoms with Crippen LogP contribution in [0.25, 0.3) is 17.0 Å². The third kappa shape index (κ3) is 3.14. The van der Waals surface area contributed by atoms with E-state index in [0.29, 0.717) is 28.4 Å². The number of benzene rings is 2. The first kappa shape index (κ1) is 17.9. The maximum atomic E-state index is 12.8. The molecule has 1 aliphatic heterocycles. The van der Waals surface area contributed by atoms with Gasteiger partial charge >= 0.3 is 0 Å². The molecule has 2 aromatic carbocycles. The number of nitrogens with zero attached hydrogens (tertiary/aromatic N) is 2. The lowest BCUT2D eigenvalue weighted by molar-refractivity contribution is -0.116. The summed E-state index contributed by atoms with van der Waals surface area (Å²) in [6.45, 7) is 1.61. The molecule has 6 heteroatoms. The van der Waals surface area contributed by atoms with Crippen molar-refractivity contribution in [2.24, 2.45) is 0 Å². The molecule has 3 aromatic rings. The van der Waals surface area contributed by atoms with Crippen molar-refractivity contribution in [3.05, 3.63) is 71.6 Å². The summed E-state index contributed by atoms with van der Waals surface area (Å²) in [6, 6.07) is 16.2. The Labute approximate surface area is 161 Å². The molecule has 0 fully saturated rings. The number of aliphatic hydroxyl groups is 1. The lowest BCUT2D eigenvalue weighted by Gasteiger charge is -2.15. The normalized spacial score (nSPS) is 14.6. The minimum Gasteiger partial charge on any atom is -0.491 e. The Bertz CT molecular complexity index is 1120. The van der Waals surface area contributed by atoms with Crippen molar-refractivity contribution in [2.75, 3.05) is 18.1 Å². The fraction of sp³-hybridized carbons (Fsp3) is 0.136. The Kier molecular flexibility index (Phi) is 4.63. The van der Waals surface area contributed by atoms with E-state index >= 15 is 0 Å². The summed E-state index contributed by atoms with van der Waals surface area (Å²) >= 11 is 0. The van der Waals surface area contributed by atoms with Crippen LogP contribution in [0.3, 0.4) is 0 Å². The van der Waals surface area contributed by atoms with Gasteiger partial charge in [0, 0.05) is 17.9 Å². The number of rotatable bonds is 4. The number of aromatic nitrogens is 1. The molecule has 1 aliphatic rings. The zero-order valence-corrected chi connectivity index (χ0v) is 15.3. The Hall–Kier alpha value is -3.51. The van der Waals surface area contributed by atoms with Crippen LogP contribution >= 0.6 is 0 Å². The van der Waals surface area contributed by atoms with Gasteiger partial charge in [0.25, 0.3) is 0 Å². The molecule has 0 saturated heterocycles. The van der Waals surface area contributed by atoms with E-state index in [1.54, 1.807) is 42.5 Å². The number of Topliss-reactive ketones (excluding diaryl/α,β-unsaturated/α-hetero) is 1. The summed E-state index contributed by atoms with van der Waals surface area (Å²) in [5.74, 6) is 0.232. The zero-order chi connectivity index (χ0) is 19.7. The second-order valence-electron chi connectivity index (χ2n) is 6.39. The first-order valence-electron chi connectivity index (χ1n) is 8.89. The Morgan fingerprint density at radius 3 is 2.79 bits per heavy atom. The Morgan fingerprint density at radius 1 is 1.18 bits per heavy atom. The standard InChI is InChI=1S/C22H18N2O4/c1-14(26)24-20-5-3-2-4-18(20)22(27)21(24)13-16-7-6-15-12-17(28-11-10-25)8-9-19(15)23-16/h2-9,12-13,25H,10-11H2,1H3/b21-13+. The van der Waals surface area contributed by atoms with Gasteiger partial charge in [0.15, 0.2) is 0 Å². The summed E-state index contributed by atoms with van der Waals surface area (Å²) in [5, 5.41) is 9.74. The molecule has 1 aromatic heterocycles. The summed E-state index contributed by atoms with van der Waals surface area (Å²) < 4.78 is 5.41. The monoisotopic (exact) mass is 374 g/mol. The average Bonchev–Trinajstić information content (AvgIpc) is 2.98. The molecule has 0 aliphatic carbocycles. The molecule has 6 nitrogen and oxygen atoms in total. The lowest BCUT2D eigenvalue weighted by Crippen LogP contribution is -2.25. The molecule has 4 rings (SSSR count). The fourth-order valence-electron chi connectivity index (χ4n) is 3.29. The Morgan fingerprint density at radius 2 is 2.00 bits per heavy atom. The molecule has 1 N–H and O–H groups in total. The maximum absolute atomic E-state index is 12.8. The first-order valence-corrected chi connectivity index (χ1v) is 8.89. The number of pyridine rings is 1. The largest absolute Gasteiger partial charge is 0.491 e. The number of carbonyl (C=O) groups is 2. The lowest BCUT2D eigenvalue weighted by atomic mass is 10.1. The topological polar surface area (TPSA) is 79.7 Å². The van der Waals surface area contributed by atoms with Gasteiger partial charge in [0.05, 0.1) is 29.2 Å². The van der Waals surface area contributed by atoms with Crippen LogP contribution in [0.5, 0.6) is 5.75 Å². The number of hydrogen-bond acceptors (Lipinski definition) is 5. The molecule has 0 bridgehead atoms. The molecule has 0 radical (unpaired) electrons. The third-order valence-electron chi connectivity index (χ3n) is 4.50. The first-order chi connectivity index (χ1) is 13.6. The van der Waals surface area contributed by atoms with Gasteiger partial charge in [0.2, 0.25) is 11.7 Å². The van der Waals surface area contributed by atoms with Crippen LogP contribution in [0.2, 0.25) is 0 Å². The van der Waals surface area contributed by atoms with Gasteiger partial charge in [-0.1, -0.05) is 18.2 Å². The van der Waals surface area contributed by atoms with Crippen molar-refractivity contribution < 1.29 is 19.4 Å². The van der Waals surface area contributed by atoms with Gasteiger partial charge in [-0.25, -0.2) is 4.98 Å². The van der Waals surface area contributed by atoms with Crippen LogP contribution in [0.1, 0.15) is 23.0 Å². The number of carbonyl (C=O) groups excluding carboxylic acids is 2. The van der Waals surface area contributed by atoms with Gasteiger partial charge in [-0.15, -0.1) is 0 Å². The van der Waals surface area contributed by atoms with Gasteiger partial charge in [0.1, 0.15) is 12.4 Å². The van der Waals surface area contributed by atoms with Gasteiger partial charge in [-0.3, -0.25) is 14.5 Å². The molecule has 2 heterocycles. The summed E-state index contributed by atoms with van der Waals surface area (Å²) in [5.41, 5.74) is 2.72. The smallest absolute Gasteiger partial charge is 0.228 e. The van der Waals surface area contributed by atoms with E-state index in [-0.39, 0.29) is 24.9 Å². The number of allylic oxidation sites excluding steroid dienone is 1. The molecule has 0 saturated carbocycles. The SMILES string of the molecule is CC(=O)N1/C(=C/c2ccc3cc(OCCO)ccc3n2)C(=O)c2ccccc21. The highest BCUT2D eigenvalue weighted by Gasteiger charge is 2.34. The van der Waals surface area contributed by atoms with Crippen LogP contribution in [-0.4, -0.2) is 35.0 Å². The van der Waals surface area contributed by atoms with E-state index in [0.717, 1.165) is 10.9 Å². The number of ketones is 1. The molecule has 28 heavy (non-hydrogen) atoms. The number of ether oxygens (including phenoxy) is 1. The number of anilines is 1. The fourth-order valence-corrected chi connectivity index (χ4v) is 3.29. The molecule has 0 unspecified atom stereocenters. The predicted molar refractivity (Wildman–Crippen MR) is 106 cm³/mol. The number of hydrogen-bond donors (Lipinski definition) is 1. The molecule has 140 valence electrons. The van der Waals surface area contributed by atoms with Crippen LogP contribution in [0, 0.1) is 0 Å². The van der Waals surface area contributed by atoms with Crippen LogP contribution in [-0.2, 0) is 4.79 Å². The highest BCUT2D eigenvalue weighted by molar-refractivity contribution is 6.26. The van der Waals surface area contributed by atoms with Crippen molar-refractivity contribution >= 4 is 34.4 Å². The van der Waals surface area contributed by atoms with E-state index in [2.05, 4.69) is 4.98 Å². The molecule has 0 spiro atoms. The van der Waals surface area contributed by atoms with E-state index in [1.807, 2.05) is 18.2 Å². The maximum Gasteiger partial charge on any atom is 0.228 e. The van der Waals surface area contributed by atoms with Gasteiger partial charge in [-0.2, -0.15) is 0 Å². The van der Waals surface area contributed by atoms with Crippen molar-refractivity contribution in [3.63, 3.8) is 0 Å². The van der Waals surface area contributed by atoms with Gasteiger partial charge in [-0.05, 0) is 42.5 Å². The molecule has 0 atom stereocenters. The van der Waals surface area contributed by atoms with Crippen LogP contribution < -0.4 is 9.64 Å². The van der Waals surface area contributed by atoms with E-state index < -0.39 is 0 Å². The molecule has 1 amide bonds. The number of aliphatic hydroxyl groups excluding tert-OH is 1. The Balaban J connectivity index is 1.72. The quantitative estimate of drug-likeness (QED) is 0.710. The van der Waals surface area contributed by atoms with Crippen molar-refractivity contribution in [2.45, 2.75) is 6.92 Å². The molecular formula is C22H18N2O4.